The van der Waals surface area contributed by atoms with Crippen LogP contribution in [-0.4, -0.2) is 16.0 Å². The molecular weight excluding hydrogens is 215 g/mol. The number of carboxylic acids is 1. The lowest BCUT2D eigenvalue weighted by molar-refractivity contribution is 0.0696. The van der Waals surface area contributed by atoms with Gasteiger partial charge in [0.1, 0.15) is 0 Å². The lowest BCUT2D eigenvalue weighted by Gasteiger charge is -2.01. The smallest absolute Gasteiger partial charge is 0.478 e. The summed E-state index contributed by atoms with van der Waals surface area (Å²) in [5, 5.41) is 9.04. The fourth-order valence-corrected chi connectivity index (χ4v) is 1.97. The van der Waals surface area contributed by atoms with E-state index in [4.69, 9.17) is 10.00 Å². The Morgan fingerprint density at radius 3 is 2.67 bits per heavy atom. The fourth-order valence-electron chi connectivity index (χ4n) is 1.31. The van der Waals surface area contributed by atoms with Gasteiger partial charge in [0.05, 0.1) is 5.56 Å². The van der Waals surface area contributed by atoms with Gasteiger partial charge >= 0.3 is 14.0 Å². The first-order valence-corrected chi connectivity index (χ1v) is 5.41. The number of hydrogen-bond donors (Lipinski definition) is 2. The molecule has 0 saturated carbocycles. The second-order valence-electron chi connectivity index (χ2n) is 2.87. The number of hydrogen-bond acceptors (Lipinski definition) is 2. The molecule has 1 aromatic rings. The molecule has 0 heterocycles. The Balaban J connectivity index is 3.40. The number of aromatic carboxylic acids is 1. The second-order valence-corrected chi connectivity index (χ2v) is 3.90. The number of allylic oxidation sites excluding steroid dienone is 1. The van der Waals surface area contributed by atoms with Crippen molar-refractivity contribution in [2.45, 2.75) is 6.42 Å². The first kappa shape index (κ1) is 11.6. The van der Waals surface area contributed by atoms with Crippen LogP contribution in [0.3, 0.4) is 0 Å². The predicted molar refractivity (Wildman–Crippen MR) is 56.8 cm³/mol. The van der Waals surface area contributed by atoms with Crippen molar-refractivity contribution in [1.82, 2.24) is 0 Å². The van der Waals surface area contributed by atoms with Gasteiger partial charge < -0.3 is 5.11 Å². The van der Waals surface area contributed by atoms with Crippen molar-refractivity contribution in [2.24, 2.45) is 0 Å². The standard InChI is InChI=1S/C10H9O4P/c1-2-4-7-8(10(11)12)5-3-6-9(7)15(13)14/h2-3,5-6H,1,4H2,(H-,11,12,13,14)/p+1. The van der Waals surface area contributed by atoms with Crippen molar-refractivity contribution in [3.8, 4) is 0 Å². The van der Waals surface area contributed by atoms with Crippen LogP contribution in [0.1, 0.15) is 15.9 Å². The minimum absolute atomic E-state index is 0.0461. The van der Waals surface area contributed by atoms with Gasteiger partial charge in [0.15, 0.2) is 0 Å². The molecule has 0 spiro atoms. The zero-order valence-electron chi connectivity index (χ0n) is 7.88. The zero-order valence-corrected chi connectivity index (χ0v) is 8.78. The van der Waals surface area contributed by atoms with Gasteiger partial charge in [0.25, 0.3) is 0 Å². The first-order chi connectivity index (χ1) is 7.07. The Bertz CT molecular complexity index is 393. The molecule has 0 saturated heterocycles. The molecule has 0 aromatic heterocycles. The minimum atomic E-state index is -2.53. The van der Waals surface area contributed by atoms with Crippen LogP contribution in [0.25, 0.3) is 0 Å². The Morgan fingerprint density at radius 1 is 1.53 bits per heavy atom. The van der Waals surface area contributed by atoms with Crippen molar-refractivity contribution >= 4 is 19.3 Å². The quantitative estimate of drug-likeness (QED) is 0.601. The van der Waals surface area contributed by atoms with E-state index in [2.05, 4.69) is 6.58 Å². The summed E-state index contributed by atoms with van der Waals surface area (Å²) in [5.74, 6) is -1.11. The van der Waals surface area contributed by atoms with E-state index < -0.39 is 14.0 Å². The predicted octanol–water partition coefficient (Wildman–Crippen LogP) is 1.47. The average molecular weight is 225 g/mol. The molecule has 2 N–H and O–H groups in total. The van der Waals surface area contributed by atoms with E-state index in [-0.39, 0.29) is 17.3 Å². The van der Waals surface area contributed by atoms with Crippen molar-refractivity contribution in [3.05, 3.63) is 42.0 Å². The highest BCUT2D eigenvalue weighted by atomic mass is 31.1. The maximum atomic E-state index is 11.0. The molecule has 1 aromatic carbocycles. The van der Waals surface area contributed by atoms with Gasteiger partial charge in [-0.05, 0) is 23.1 Å². The molecule has 4 nitrogen and oxygen atoms in total. The lowest BCUT2D eigenvalue weighted by Crippen LogP contribution is -2.12. The van der Waals surface area contributed by atoms with Gasteiger partial charge in [0.2, 0.25) is 5.30 Å². The number of carbonyl (C=O) groups is 1. The SMILES string of the molecule is C=CCc1c(C(=O)O)cccc1[P+](=O)O. The topological polar surface area (TPSA) is 74.6 Å². The lowest BCUT2D eigenvalue weighted by atomic mass is 10.0. The summed E-state index contributed by atoms with van der Waals surface area (Å²) < 4.78 is 11.0. The van der Waals surface area contributed by atoms with Crippen LogP contribution >= 0.6 is 8.03 Å². The summed E-state index contributed by atoms with van der Waals surface area (Å²) in [5.41, 5.74) is 0.397. The van der Waals surface area contributed by atoms with E-state index in [0.717, 1.165) is 0 Å². The van der Waals surface area contributed by atoms with Gasteiger partial charge in [-0.3, -0.25) is 0 Å². The number of carboxylic acid groups (broad SMARTS) is 1. The summed E-state index contributed by atoms with van der Waals surface area (Å²) in [6, 6.07) is 4.31. The fraction of sp³-hybridized carbons (Fsp3) is 0.100. The third-order valence-corrected chi connectivity index (χ3v) is 2.77. The summed E-state index contributed by atoms with van der Waals surface area (Å²) in [6.45, 7) is 3.49. The van der Waals surface area contributed by atoms with E-state index >= 15 is 0 Å². The number of benzene rings is 1. The van der Waals surface area contributed by atoms with Crippen LogP contribution < -0.4 is 5.30 Å². The van der Waals surface area contributed by atoms with E-state index in [9.17, 15) is 9.36 Å². The van der Waals surface area contributed by atoms with Crippen LogP contribution in [-0.2, 0) is 11.0 Å². The Hall–Kier alpha value is -1.51. The summed E-state index contributed by atoms with van der Waals surface area (Å²) in [6.07, 6.45) is 1.77. The molecule has 0 aliphatic heterocycles. The summed E-state index contributed by atoms with van der Waals surface area (Å²) in [7, 11) is -2.53. The van der Waals surface area contributed by atoms with Gasteiger partial charge in [-0.1, -0.05) is 12.1 Å². The van der Waals surface area contributed by atoms with Crippen LogP contribution in [0.2, 0.25) is 0 Å². The first-order valence-electron chi connectivity index (χ1n) is 4.20. The third-order valence-electron chi connectivity index (χ3n) is 1.94. The average Bonchev–Trinajstić information content (AvgIpc) is 2.17. The van der Waals surface area contributed by atoms with Crippen LogP contribution in [0.15, 0.2) is 30.9 Å². The van der Waals surface area contributed by atoms with Crippen LogP contribution in [0.5, 0.6) is 0 Å². The van der Waals surface area contributed by atoms with Crippen molar-refractivity contribution in [1.29, 1.82) is 0 Å². The molecule has 0 fully saturated rings. The van der Waals surface area contributed by atoms with E-state index in [0.29, 0.717) is 5.56 Å². The summed E-state index contributed by atoms with van der Waals surface area (Å²) in [4.78, 5) is 19.9. The van der Waals surface area contributed by atoms with Crippen molar-refractivity contribution in [3.63, 3.8) is 0 Å². The highest BCUT2D eigenvalue weighted by Crippen LogP contribution is 2.20. The molecule has 15 heavy (non-hydrogen) atoms. The molecule has 1 unspecified atom stereocenters. The highest BCUT2D eigenvalue weighted by Gasteiger charge is 2.25. The normalized spacial score (nSPS) is 10.9. The molecule has 1 rings (SSSR count). The Labute approximate surface area is 87.7 Å². The second kappa shape index (κ2) is 4.82. The Morgan fingerprint density at radius 2 is 2.20 bits per heavy atom. The monoisotopic (exact) mass is 225 g/mol. The molecule has 0 bridgehead atoms. The molecule has 5 heteroatoms. The van der Waals surface area contributed by atoms with E-state index in [1.165, 1.54) is 24.3 Å². The third kappa shape index (κ3) is 2.49. The van der Waals surface area contributed by atoms with Gasteiger partial charge in [-0.2, -0.15) is 4.89 Å². The van der Waals surface area contributed by atoms with Crippen LogP contribution in [0.4, 0.5) is 0 Å². The van der Waals surface area contributed by atoms with Crippen molar-refractivity contribution in [2.75, 3.05) is 0 Å². The maximum Gasteiger partial charge on any atom is 0.546 e. The molecule has 0 radical (unpaired) electrons. The largest absolute Gasteiger partial charge is 0.546 e. The highest BCUT2D eigenvalue weighted by molar-refractivity contribution is 7.47. The molecule has 0 aliphatic rings. The van der Waals surface area contributed by atoms with E-state index in [1.54, 1.807) is 0 Å². The minimum Gasteiger partial charge on any atom is -0.478 e. The number of rotatable bonds is 4. The van der Waals surface area contributed by atoms with E-state index in [1.807, 2.05) is 0 Å². The zero-order chi connectivity index (χ0) is 11.4. The van der Waals surface area contributed by atoms with Crippen molar-refractivity contribution < 1.29 is 19.4 Å². The van der Waals surface area contributed by atoms with Gasteiger partial charge in [-0.15, -0.1) is 6.58 Å². The molecule has 0 aliphatic carbocycles. The molecule has 78 valence electrons. The summed E-state index contributed by atoms with van der Waals surface area (Å²) >= 11 is 0. The van der Waals surface area contributed by atoms with Gasteiger partial charge in [-0.25, -0.2) is 4.79 Å². The molecular formula is C10H10O4P+. The van der Waals surface area contributed by atoms with Gasteiger partial charge in [0, 0.05) is 5.56 Å². The Kier molecular flexibility index (Phi) is 3.72. The molecule has 0 amide bonds. The molecule has 1 atom stereocenters. The maximum absolute atomic E-state index is 11.0. The van der Waals surface area contributed by atoms with Crippen LogP contribution in [0, 0.1) is 0 Å².